The number of carbonyl (C=O) groups is 1. The number of rotatable bonds is 3. The zero-order valence-corrected chi connectivity index (χ0v) is 8.77. The van der Waals surface area contributed by atoms with Crippen molar-refractivity contribution >= 4 is 16.9 Å². The molecule has 16 heavy (non-hydrogen) atoms. The molecule has 0 atom stereocenters. The molecule has 0 unspecified atom stereocenters. The molecular formula is C11H11NO4. The Hall–Kier alpha value is -1.88. The van der Waals surface area contributed by atoms with Crippen molar-refractivity contribution in [2.45, 2.75) is 20.1 Å². The number of ketones is 1. The maximum absolute atomic E-state index is 11.5. The van der Waals surface area contributed by atoms with Crippen LogP contribution in [0.15, 0.2) is 27.4 Å². The molecule has 2 rings (SSSR count). The van der Waals surface area contributed by atoms with Gasteiger partial charge >= 0.3 is 5.76 Å². The number of hydrogen-bond donors (Lipinski definition) is 1. The lowest BCUT2D eigenvalue weighted by Gasteiger charge is -1.98. The Bertz CT molecular complexity index is 594. The van der Waals surface area contributed by atoms with E-state index in [0.717, 1.165) is 0 Å². The molecule has 0 aliphatic heterocycles. The molecule has 0 spiro atoms. The Morgan fingerprint density at radius 2 is 2.25 bits per heavy atom. The van der Waals surface area contributed by atoms with Gasteiger partial charge in [-0.3, -0.25) is 9.36 Å². The molecule has 0 saturated carbocycles. The number of fused-ring (bicyclic) bond motifs is 1. The van der Waals surface area contributed by atoms with Gasteiger partial charge in [0.15, 0.2) is 5.58 Å². The first-order valence-corrected chi connectivity index (χ1v) is 4.84. The fraction of sp³-hybridized carbons (Fsp3) is 0.273. The first-order valence-electron chi connectivity index (χ1n) is 4.84. The third-order valence-corrected chi connectivity index (χ3v) is 2.30. The summed E-state index contributed by atoms with van der Waals surface area (Å²) in [5.41, 5.74) is 1.62. The molecule has 0 fully saturated rings. The van der Waals surface area contributed by atoms with Crippen LogP contribution in [0.2, 0.25) is 0 Å². The molecule has 1 aromatic carbocycles. The summed E-state index contributed by atoms with van der Waals surface area (Å²) in [5, 5.41) is 8.94. The van der Waals surface area contributed by atoms with Gasteiger partial charge < -0.3 is 9.52 Å². The minimum atomic E-state index is -0.555. The topological polar surface area (TPSA) is 72.4 Å². The van der Waals surface area contributed by atoms with Gasteiger partial charge in [-0.05, 0) is 24.6 Å². The highest BCUT2D eigenvalue weighted by atomic mass is 16.4. The van der Waals surface area contributed by atoms with Gasteiger partial charge in [0, 0.05) is 0 Å². The van der Waals surface area contributed by atoms with E-state index in [4.69, 9.17) is 9.52 Å². The first-order chi connectivity index (χ1) is 7.61. The van der Waals surface area contributed by atoms with Gasteiger partial charge in [-0.2, -0.15) is 0 Å². The summed E-state index contributed by atoms with van der Waals surface area (Å²) in [6, 6.07) is 4.94. The lowest BCUT2D eigenvalue weighted by atomic mass is 10.2. The van der Waals surface area contributed by atoms with Crippen molar-refractivity contribution in [3.63, 3.8) is 0 Å². The number of aromatic nitrogens is 1. The van der Waals surface area contributed by atoms with Crippen molar-refractivity contribution in [3.05, 3.63) is 34.3 Å². The van der Waals surface area contributed by atoms with E-state index in [0.29, 0.717) is 16.7 Å². The zero-order valence-electron chi connectivity index (χ0n) is 8.77. The Morgan fingerprint density at radius 1 is 1.50 bits per heavy atom. The number of nitrogens with zero attached hydrogens (tertiary/aromatic N) is 1. The maximum Gasteiger partial charge on any atom is 0.420 e. The van der Waals surface area contributed by atoms with Crippen molar-refractivity contribution in [2.24, 2.45) is 0 Å². The lowest BCUT2D eigenvalue weighted by molar-refractivity contribution is -0.117. The monoisotopic (exact) mass is 221 g/mol. The van der Waals surface area contributed by atoms with E-state index < -0.39 is 5.76 Å². The standard InChI is InChI=1S/C11H11NO4/c1-7(14)5-12-9-3-2-8(6-13)4-10(9)16-11(12)15/h2-4,13H,5-6H2,1H3. The van der Waals surface area contributed by atoms with Gasteiger partial charge in [-0.25, -0.2) is 4.79 Å². The van der Waals surface area contributed by atoms with E-state index in [9.17, 15) is 9.59 Å². The predicted octanol–water partition coefficient (Wildman–Crippen LogP) is 0.676. The van der Waals surface area contributed by atoms with Crippen molar-refractivity contribution in [3.8, 4) is 0 Å². The number of hydrogen-bond acceptors (Lipinski definition) is 4. The molecule has 5 heteroatoms. The molecule has 0 aliphatic rings. The van der Waals surface area contributed by atoms with Gasteiger partial charge in [0.25, 0.3) is 0 Å². The Labute approximate surface area is 90.9 Å². The van der Waals surface area contributed by atoms with Crippen LogP contribution < -0.4 is 5.76 Å². The Balaban J connectivity index is 2.62. The summed E-state index contributed by atoms with van der Waals surface area (Å²) in [6.07, 6.45) is 0. The molecule has 5 nitrogen and oxygen atoms in total. The molecule has 1 aromatic heterocycles. The van der Waals surface area contributed by atoms with E-state index in [1.165, 1.54) is 11.5 Å². The van der Waals surface area contributed by atoms with E-state index in [1.54, 1.807) is 18.2 Å². The molecule has 0 radical (unpaired) electrons. The van der Waals surface area contributed by atoms with Crippen LogP contribution in [-0.2, 0) is 17.9 Å². The summed E-state index contributed by atoms with van der Waals surface area (Å²) >= 11 is 0. The average Bonchev–Trinajstić information content (AvgIpc) is 2.54. The second-order valence-corrected chi connectivity index (χ2v) is 3.62. The van der Waals surface area contributed by atoms with Gasteiger partial charge in [0.1, 0.15) is 5.78 Å². The third-order valence-electron chi connectivity index (χ3n) is 2.30. The van der Waals surface area contributed by atoms with Crippen LogP contribution in [-0.4, -0.2) is 15.5 Å². The van der Waals surface area contributed by atoms with Crippen molar-refractivity contribution < 1.29 is 14.3 Å². The number of aliphatic hydroxyl groups is 1. The number of Topliss-reactive ketones (excluding diaryl/α,β-unsaturated/α-hetero) is 1. The normalized spacial score (nSPS) is 10.9. The summed E-state index contributed by atoms with van der Waals surface area (Å²) in [5.74, 6) is -0.670. The molecule has 2 aromatic rings. The van der Waals surface area contributed by atoms with Gasteiger partial charge in [-0.15, -0.1) is 0 Å². The maximum atomic E-state index is 11.5. The lowest BCUT2D eigenvalue weighted by Crippen LogP contribution is -2.18. The van der Waals surface area contributed by atoms with E-state index in [2.05, 4.69) is 0 Å². The molecule has 1 N–H and O–H groups in total. The largest absolute Gasteiger partial charge is 0.420 e. The molecule has 84 valence electrons. The van der Waals surface area contributed by atoms with Crippen LogP contribution in [0.5, 0.6) is 0 Å². The summed E-state index contributed by atoms with van der Waals surface area (Å²) in [6.45, 7) is 1.30. The highest BCUT2D eigenvalue weighted by Crippen LogP contribution is 2.15. The van der Waals surface area contributed by atoms with Crippen molar-refractivity contribution in [2.75, 3.05) is 0 Å². The van der Waals surface area contributed by atoms with Crippen LogP contribution in [0, 0.1) is 0 Å². The molecule has 0 aliphatic carbocycles. The average molecular weight is 221 g/mol. The van der Waals surface area contributed by atoms with Crippen LogP contribution in [0.1, 0.15) is 12.5 Å². The van der Waals surface area contributed by atoms with Gasteiger partial charge in [0.05, 0.1) is 18.7 Å². The Morgan fingerprint density at radius 3 is 2.88 bits per heavy atom. The van der Waals surface area contributed by atoms with Crippen molar-refractivity contribution in [1.82, 2.24) is 4.57 Å². The number of benzene rings is 1. The van der Waals surface area contributed by atoms with E-state index in [-0.39, 0.29) is 18.9 Å². The fourth-order valence-corrected chi connectivity index (χ4v) is 1.58. The number of carbonyl (C=O) groups excluding carboxylic acids is 1. The Kier molecular flexibility index (Phi) is 2.62. The third kappa shape index (κ3) is 1.77. The second-order valence-electron chi connectivity index (χ2n) is 3.62. The minimum absolute atomic E-state index is 0.00427. The van der Waals surface area contributed by atoms with Crippen LogP contribution in [0.4, 0.5) is 0 Å². The molecule has 1 heterocycles. The van der Waals surface area contributed by atoms with Crippen LogP contribution >= 0.6 is 0 Å². The summed E-state index contributed by atoms with van der Waals surface area (Å²) in [7, 11) is 0. The van der Waals surface area contributed by atoms with Gasteiger partial charge in [0.2, 0.25) is 0 Å². The first kappa shape index (κ1) is 10.6. The van der Waals surface area contributed by atoms with Crippen LogP contribution in [0.25, 0.3) is 11.1 Å². The second kappa shape index (κ2) is 3.94. The van der Waals surface area contributed by atoms with E-state index >= 15 is 0 Å². The highest BCUT2D eigenvalue weighted by molar-refractivity contribution is 5.79. The number of oxazole rings is 1. The molecular weight excluding hydrogens is 210 g/mol. The SMILES string of the molecule is CC(=O)Cn1c(=O)oc2cc(CO)ccc21. The van der Waals surface area contributed by atoms with Gasteiger partial charge in [-0.1, -0.05) is 6.07 Å². The minimum Gasteiger partial charge on any atom is -0.408 e. The quantitative estimate of drug-likeness (QED) is 0.827. The fourth-order valence-electron chi connectivity index (χ4n) is 1.58. The summed E-state index contributed by atoms with van der Waals surface area (Å²) < 4.78 is 6.26. The van der Waals surface area contributed by atoms with Crippen molar-refractivity contribution in [1.29, 1.82) is 0 Å². The van der Waals surface area contributed by atoms with E-state index in [1.807, 2.05) is 0 Å². The smallest absolute Gasteiger partial charge is 0.408 e. The zero-order chi connectivity index (χ0) is 11.7. The number of aliphatic hydroxyl groups excluding tert-OH is 1. The predicted molar refractivity (Wildman–Crippen MR) is 57.1 cm³/mol. The van der Waals surface area contributed by atoms with Crippen LogP contribution in [0.3, 0.4) is 0 Å². The summed E-state index contributed by atoms with van der Waals surface area (Å²) in [4.78, 5) is 22.4. The molecule has 0 saturated heterocycles. The molecule has 0 amide bonds. The molecule has 0 bridgehead atoms. The highest BCUT2D eigenvalue weighted by Gasteiger charge is 2.10.